The lowest BCUT2D eigenvalue weighted by atomic mass is 9.64. The molecule has 1 aromatic rings. The number of rotatable bonds is 2. The van der Waals surface area contributed by atoms with E-state index in [0.29, 0.717) is 16.6 Å². The minimum Gasteiger partial charge on any atom is -0.330 e. The van der Waals surface area contributed by atoms with Crippen LogP contribution in [0.5, 0.6) is 0 Å². The molecule has 0 unspecified atom stereocenters. The SMILES string of the molecule is Cc1cc(Br)c(F)c(C2(CN)CCC2)c1F. The number of benzene rings is 1. The average molecular weight is 290 g/mol. The lowest BCUT2D eigenvalue weighted by molar-refractivity contribution is 0.235. The summed E-state index contributed by atoms with van der Waals surface area (Å²) in [5.74, 6) is -0.931. The number of halogens is 3. The van der Waals surface area contributed by atoms with Crippen LogP contribution in [-0.2, 0) is 5.41 Å². The zero-order valence-corrected chi connectivity index (χ0v) is 10.7. The van der Waals surface area contributed by atoms with Crippen molar-refractivity contribution >= 4 is 15.9 Å². The summed E-state index contributed by atoms with van der Waals surface area (Å²) in [5, 5.41) is 0. The van der Waals surface area contributed by atoms with Gasteiger partial charge in [0.1, 0.15) is 11.6 Å². The summed E-state index contributed by atoms with van der Waals surface area (Å²) in [6.07, 6.45) is 2.53. The van der Waals surface area contributed by atoms with Gasteiger partial charge in [-0.05, 0) is 47.3 Å². The normalized spacial score (nSPS) is 18.3. The molecule has 1 fully saturated rings. The average Bonchev–Trinajstić information content (AvgIpc) is 2.19. The maximum Gasteiger partial charge on any atom is 0.144 e. The van der Waals surface area contributed by atoms with E-state index in [1.165, 1.54) is 6.07 Å². The molecule has 0 radical (unpaired) electrons. The third-order valence-electron chi connectivity index (χ3n) is 3.57. The first-order valence-corrected chi connectivity index (χ1v) is 6.16. The summed E-state index contributed by atoms with van der Waals surface area (Å²) in [6, 6.07) is 1.47. The summed E-state index contributed by atoms with van der Waals surface area (Å²) in [5.41, 5.74) is 5.84. The van der Waals surface area contributed by atoms with Crippen molar-refractivity contribution in [2.75, 3.05) is 6.54 Å². The Labute approximate surface area is 102 Å². The Bertz CT molecular complexity index is 396. The van der Waals surface area contributed by atoms with Crippen molar-refractivity contribution in [2.24, 2.45) is 5.73 Å². The van der Waals surface area contributed by atoms with Crippen molar-refractivity contribution in [2.45, 2.75) is 31.6 Å². The molecule has 2 rings (SSSR count). The van der Waals surface area contributed by atoms with Crippen LogP contribution in [0.3, 0.4) is 0 Å². The van der Waals surface area contributed by atoms with E-state index >= 15 is 0 Å². The first kappa shape index (κ1) is 12.0. The predicted octanol–water partition coefficient (Wildman–Crippen LogP) is 3.42. The summed E-state index contributed by atoms with van der Waals surface area (Å²) < 4.78 is 28.4. The van der Waals surface area contributed by atoms with E-state index in [4.69, 9.17) is 5.73 Å². The molecule has 1 nitrogen and oxygen atoms in total. The van der Waals surface area contributed by atoms with Crippen LogP contribution in [0.25, 0.3) is 0 Å². The maximum absolute atomic E-state index is 14.0. The van der Waals surface area contributed by atoms with Gasteiger partial charge in [0.25, 0.3) is 0 Å². The first-order valence-electron chi connectivity index (χ1n) is 5.36. The largest absolute Gasteiger partial charge is 0.330 e. The Morgan fingerprint density at radius 3 is 2.44 bits per heavy atom. The van der Waals surface area contributed by atoms with E-state index < -0.39 is 17.0 Å². The lowest BCUT2D eigenvalue weighted by Gasteiger charge is -2.42. The highest BCUT2D eigenvalue weighted by molar-refractivity contribution is 9.10. The van der Waals surface area contributed by atoms with E-state index in [9.17, 15) is 8.78 Å². The Kier molecular flexibility index (Phi) is 3.05. The Morgan fingerprint density at radius 2 is 2.00 bits per heavy atom. The molecule has 0 aromatic heterocycles. The van der Waals surface area contributed by atoms with Crippen molar-refractivity contribution in [3.8, 4) is 0 Å². The topological polar surface area (TPSA) is 26.0 Å². The van der Waals surface area contributed by atoms with E-state index in [-0.39, 0.29) is 5.56 Å². The first-order chi connectivity index (χ1) is 7.52. The molecule has 0 heterocycles. The van der Waals surface area contributed by atoms with Gasteiger partial charge < -0.3 is 5.73 Å². The van der Waals surface area contributed by atoms with Crippen LogP contribution in [0.2, 0.25) is 0 Å². The monoisotopic (exact) mass is 289 g/mol. The molecule has 88 valence electrons. The Balaban J connectivity index is 2.63. The minimum absolute atomic E-state index is 0.174. The van der Waals surface area contributed by atoms with Crippen LogP contribution in [0.4, 0.5) is 8.78 Å². The zero-order chi connectivity index (χ0) is 11.9. The van der Waals surface area contributed by atoms with Gasteiger partial charge in [0.15, 0.2) is 0 Å². The van der Waals surface area contributed by atoms with Gasteiger partial charge in [0.05, 0.1) is 4.47 Å². The fourth-order valence-corrected chi connectivity index (χ4v) is 2.90. The van der Waals surface area contributed by atoms with E-state index in [2.05, 4.69) is 15.9 Å². The molecule has 4 heteroatoms. The van der Waals surface area contributed by atoms with Gasteiger partial charge in [0.2, 0.25) is 0 Å². The van der Waals surface area contributed by atoms with Crippen LogP contribution >= 0.6 is 15.9 Å². The summed E-state index contributed by atoms with van der Waals surface area (Å²) in [6.45, 7) is 1.95. The third-order valence-corrected chi connectivity index (χ3v) is 4.15. The van der Waals surface area contributed by atoms with Crippen molar-refractivity contribution in [1.82, 2.24) is 0 Å². The second-order valence-electron chi connectivity index (χ2n) is 4.52. The van der Waals surface area contributed by atoms with E-state index in [1.54, 1.807) is 6.92 Å². The zero-order valence-electron chi connectivity index (χ0n) is 9.12. The molecule has 1 aliphatic rings. The third kappa shape index (κ3) is 1.59. The maximum atomic E-state index is 14.0. The molecule has 1 saturated carbocycles. The molecule has 0 saturated heterocycles. The van der Waals surface area contributed by atoms with Crippen molar-refractivity contribution < 1.29 is 8.78 Å². The van der Waals surface area contributed by atoms with Gasteiger partial charge in [-0.15, -0.1) is 0 Å². The second kappa shape index (κ2) is 4.08. The predicted molar refractivity (Wildman–Crippen MR) is 63.4 cm³/mol. The van der Waals surface area contributed by atoms with Crippen LogP contribution < -0.4 is 5.73 Å². The van der Waals surface area contributed by atoms with Crippen LogP contribution in [0.1, 0.15) is 30.4 Å². The van der Waals surface area contributed by atoms with Gasteiger partial charge in [-0.1, -0.05) is 6.42 Å². The van der Waals surface area contributed by atoms with E-state index in [1.807, 2.05) is 0 Å². The molecule has 0 spiro atoms. The number of hydrogen-bond acceptors (Lipinski definition) is 1. The van der Waals surface area contributed by atoms with Gasteiger partial charge in [0, 0.05) is 17.5 Å². The number of hydrogen-bond donors (Lipinski definition) is 1. The van der Waals surface area contributed by atoms with Gasteiger partial charge >= 0.3 is 0 Å². The molecule has 0 atom stereocenters. The van der Waals surface area contributed by atoms with Crippen LogP contribution in [0, 0.1) is 18.6 Å². The Hall–Kier alpha value is -0.480. The Morgan fingerprint density at radius 1 is 1.38 bits per heavy atom. The smallest absolute Gasteiger partial charge is 0.144 e. The van der Waals surface area contributed by atoms with E-state index in [0.717, 1.165) is 19.3 Å². The molecule has 2 N–H and O–H groups in total. The molecule has 1 aliphatic carbocycles. The lowest BCUT2D eigenvalue weighted by Crippen LogP contribution is -2.43. The van der Waals surface area contributed by atoms with Gasteiger partial charge in [-0.3, -0.25) is 0 Å². The molecule has 0 aliphatic heterocycles. The van der Waals surface area contributed by atoms with Crippen molar-refractivity contribution in [1.29, 1.82) is 0 Å². The summed E-state index contributed by atoms with van der Waals surface area (Å²) >= 11 is 3.12. The standard InChI is InChI=1S/C12H14BrF2N/c1-7-5-8(13)11(15)9(10(7)14)12(6-16)3-2-4-12/h5H,2-4,6,16H2,1H3. The molecule has 16 heavy (non-hydrogen) atoms. The fraction of sp³-hybridized carbons (Fsp3) is 0.500. The highest BCUT2D eigenvalue weighted by atomic mass is 79.9. The molecular weight excluding hydrogens is 276 g/mol. The highest BCUT2D eigenvalue weighted by Gasteiger charge is 2.42. The van der Waals surface area contributed by atoms with Gasteiger partial charge in [-0.25, -0.2) is 8.78 Å². The van der Waals surface area contributed by atoms with Crippen molar-refractivity contribution in [3.05, 3.63) is 33.3 Å². The number of aryl methyl sites for hydroxylation is 1. The fourth-order valence-electron chi connectivity index (χ4n) is 2.36. The molecule has 0 amide bonds. The second-order valence-corrected chi connectivity index (χ2v) is 5.37. The van der Waals surface area contributed by atoms with Crippen LogP contribution in [-0.4, -0.2) is 6.54 Å². The molecule has 1 aromatic carbocycles. The quantitative estimate of drug-likeness (QED) is 0.830. The number of nitrogens with two attached hydrogens (primary N) is 1. The summed E-state index contributed by atoms with van der Waals surface area (Å²) in [7, 11) is 0. The molecule has 0 bridgehead atoms. The summed E-state index contributed by atoms with van der Waals surface area (Å²) in [4.78, 5) is 0. The van der Waals surface area contributed by atoms with Crippen LogP contribution in [0.15, 0.2) is 10.5 Å². The van der Waals surface area contributed by atoms with Gasteiger partial charge in [-0.2, -0.15) is 0 Å². The van der Waals surface area contributed by atoms with Crippen molar-refractivity contribution in [3.63, 3.8) is 0 Å². The minimum atomic E-state index is -0.492. The highest BCUT2D eigenvalue weighted by Crippen LogP contribution is 2.46. The molecular formula is C12H14BrF2N.